The number of hydrogen-bond donors (Lipinski definition) is 3. The van der Waals surface area contributed by atoms with Crippen LogP contribution in [-0.2, 0) is 27.9 Å². The van der Waals surface area contributed by atoms with E-state index in [1.807, 2.05) is 0 Å². The Labute approximate surface area is 335 Å². The van der Waals surface area contributed by atoms with Crippen LogP contribution in [0.5, 0.6) is 0 Å². The molecule has 0 aliphatic rings. The summed E-state index contributed by atoms with van der Waals surface area (Å²) in [5, 5.41) is 12.7. The van der Waals surface area contributed by atoms with Gasteiger partial charge in [-0.25, -0.2) is 4.57 Å². The van der Waals surface area contributed by atoms with Gasteiger partial charge in [0.2, 0.25) is 5.91 Å². The SMILES string of the molecule is CC/C=C\C/C=C\C/C=C\C/C=C\C/C=C\CCCCCC(=O)OCC(O)COP(=O)(O)OCCNC(=O)CCCCCCC/C=C\CCCCCCCC. The van der Waals surface area contributed by atoms with E-state index in [-0.39, 0.29) is 32.1 Å². The van der Waals surface area contributed by atoms with Crippen LogP contribution in [0, 0.1) is 0 Å². The predicted octanol–water partition coefficient (Wildman–Crippen LogP) is 11.9. The number of esters is 1. The largest absolute Gasteiger partial charge is 0.472 e. The van der Waals surface area contributed by atoms with E-state index in [2.05, 4.69) is 92.1 Å². The lowest BCUT2D eigenvalue weighted by Gasteiger charge is -2.15. The first-order valence-corrected chi connectivity index (χ1v) is 22.9. The van der Waals surface area contributed by atoms with Crippen LogP contribution >= 0.6 is 7.82 Å². The number of nitrogens with one attached hydrogen (secondary N) is 1. The van der Waals surface area contributed by atoms with Crippen molar-refractivity contribution in [2.45, 2.75) is 174 Å². The van der Waals surface area contributed by atoms with Crippen molar-refractivity contribution in [1.82, 2.24) is 5.32 Å². The predicted molar refractivity (Wildman–Crippen MR) is 229 cm³/mol. The van der Waals surface area contributed by atoms with Gasteiger partial charge in [-0.2, -0.15) is 0 Å². The molecule has 0 aromatic rings. The molecule has 0 radical (unpaired) electrons. The number of amides is 1. The zero-order valence-electron chi connectivity index (χ0n) is 34.6. The second kappa shape index (κ2) is 41.1. The molecule has 0 heterocycles. The van der Waals surface area contributed by atoms with Crippen molar-refractivity contribution < 1.29 is 37.9 Å². The molecule has 9 nitrogen and oxygen atoms in total. The fraction of sp³-hybridized carbons (Fsp3) is 0.689. The van der Waals surface area contributed by atoms with Gasteiger partial charge >= 0.3 is 13.8 Å². The third-order valence-electron chi connectivity index (χ3n) is 8.62. The molecule has 0 rings (SSSR count). The Morgan fingerprint density at radius 1 is 0.582 bits per heavy atom. The van der Waals surface area contributed by atoms with Crippen LogP contribution in [0.2, 0.25) is 0 Å². The Morgan fingerprint density at radius 2 is 1.04 bits per heavy atom. The second-order valence-electron chi connectivity index (χ2n) is 13.9. The van der Waals surface area contributed by atoms with Crippen molar-refractivity contribution in [3.05, 3.63) is 72.9 Å². The minimum Gasteiger partial charge on any atom is -0.463 e. The molecular formula is C45H78NO8P. The minimum absolute atomic E-state index is 0.0697. The normalized spacial score (nSPS) is 14.0. The number of allylic oxidation sites excluding steroid dienone is 12. The van der Waals surface area contributed by atoms with Gasteiger partial charge in [0, 0.05) is 19.4 Å². The summed E-state index contributed by atoms with van der Waals surface area (Å²) < 4.78 is 26.8. The van der Waals surface area contributed by atoms with Crippen LogP contribution in [0.3, 0.4) is 0 Å². The van der Waals surface area contributed by atoms with Gasteiger partial charge < -0.3 is 20.1 Å². The first-order chi connectivity index (χ1) is 26.8. The van der Waals surface area contributed by atoms with Crippen LogP contribution < -0.4 is 5.32 Å². The Balaban J connectivity index is 3.69. The summed E-state index contributed by atoms with van der Waals surface area (Å²) in [4.78, 5) is 33.9. The molecular weight excluding hydrogens is 713 g/mol. The zero-order chi connectivity index (χ0) is 40.3. The van der Waals surface area contributed by atoms with E-state index < -0.39 is 26.5 Å². The van der Waals surface area contributed by atoms with Gasteiger partial charge in [0.05, 0.1) is 13.2 Å². The third kappa shape index (κ3) is 42.4. The lowest BCUT2D eigenvalue weighted by Crippen LogP contribution is -2.27. The Morgan fingerprint density at radius 3 is 1.60 bits per heavy atom. The number of carbonyl (C=O) groups excluding carboxylic acids is 2. The summed E-state index contributed by atoms with van der Waals surface area (Å²) >= 11 is 0. The van der Waals surface area contributed by atoms with Crippen molar-refractivity contribution in [3.63, 3.8) is 0 Å². The maximum absolute atomic E-state index is 12.1. The van der Waals surface area contributed by atoms with E-state index in [1.54, 1.807) is 0 Å². The highest BCUT2D eigenvalue weighted by Gasteiger charge is 2.23. The quantitative estimate of drug-likeness (QED) is 0.0243. The Hall–Kier alpha value is -2.55. The number of hydrogen-bond acceptors (Lipinski definition) is 7. The van der Waals surface area contributed by atoms with Crippen LogP contribution in [0.1, 0.15) is 168 Å². The Kier molecular flexibility index (Phi) is 39.2. The standard InChI is InChI=1S/C45H78NO8P/c1-3-5-7-9-11-13-15-17-19-20-21-22-24-26-28-30-32-34-36-38-45(49)52-41-43(47)42-54-55(50,51)53-40-39-46-44(48)37-35-33-31-29-27-25-23-18-16-14-12-10-8-6-4-2/h5,7,11,13,17-19,21-23,26,28,43,47H,3-4,6,8-10,12,14-16,20,24-25,27,29-42H2,1-2H3,(H,46,48)(H,50,51)/b7-5-,13-11-,19-17-,22-21-,23-18-,28-26-. The molecule has 0 aromatic heterocycles. The van der Waals surface area contributed by atoms with Gasteiger partial charge in [-0.3, -0.25) is 18.6 Å². The fourth-order valence-electron chi connectivity index (χ4n) is 5.40. The topological polar surface area (TPSA) is 131 Å². The molecule has 10 heteroatoms. The number of carbonyl (C=O) groups is 2. The summed E-state index contributed by atoms with van der Waals surface area (Å²) in [6, 6.07) is 0. The monoisotopic (exact) mass is 792 g/mol. The number of ether oxygens (including phenoxy) is 1. The highest BCUT2D eigenvalue weighted by atomic mass is 31.2. The summed E-state index contributed by atoms with van der Waals surface area (Å²) in [6.07, 6.45) is 49.7. The Bertz CT molecular complexity index is 1130. The molecule has 0 saturated carbocycles. The smallest absolute Gasteiger partial charge is 0.463 e. The zero-order valence-corrected chi connectivity index (χ0v) is 35.5. The van der Waals surface area contributed by atoms with Crippen LogP contribution in [0.4, 0.5) is 0 Å². The average Bonchev–Trinajstić information content (AvgIpc) is 3.17. The molecule has 0 bridgehead atoms. The van der Waals surface area contributed by atoms with Crippen molar-refractivity contribution in [2.75, 3.05) is 26.4 Å². The van der Waals surface area contributed by atoms with Crippen LogP contribution in [0.15, 0.2) is 72.9 Å². The van der Waals surface area contributed by atoms with Crippen molar-refractivity contribution in [2.24, 2.45) is 0 Å². The molecule has 0 aromatic carbocycles. The molecule has 55 heavy (non-hydrogen) atoms. The van der Waals surface area contributed by atoms with Crippen LogP contribution in [-0.4, -0.2) is 54.3 Å². The summed E-state index contributed by atoms with van der Waals surface area (Å²) in [6.45, 7) is 3.37. The van der Waals surface area contributed by atoms with E-state index >= 15 is 0 Å². The fourth-order valence-corrected chi connectivity index (χ4v) is 6.16. The summed E-state index contributed by atoms with van der Waals surface area (Å²) in [5.74, 6) is -0.563. The number of phosphoric ester groups is 1. The summed E-state index contributed by atoms with van der Waals surface area (Å²) in [7, 11) is -4.43. The number of unbranched alkanes of at least 4 members (excludes halogenated alkanes) is 14. The highest BCUT2D eigenvalue weighted by Crippen LogP contribution is 2.42. The van der Waals surface area contributed by atoms with Crippen molar-refractivity contribution in [1.29, 1.82) is 0 Å². The van der Waals surface area contributed by atoms with Crippen molar-refractivity contribution in [3.8, 4) is 0 Å². The molecule has 0 fully saturated rings. The van der Waals surface area contributed by atoms with E-state index in [0.29, 0.717) is 12.8 Å². The molecule has 0 spiro atoms. The van der Waals surface area contributed by atoms with E-state index in [9.17, 15) is 24.2 Å². The van der Waals surface area contributed by atoms with Gasteiger partial charge in [-0.05, 0) is 83.5 Å². The first kappa shape index (κ1) is 52.5. The van der Waals surface area contributed by atoms with Crippen LogP contribution in [0.25, 0.3) is 0 Å². The van der Waals surface area contributed by atoms with Gasteiger partial charge in [0.1, 0.15) is 12.7 Å². The van der Waals surface area contributed by atoms with Gasteiger partial charge in [-0.15, -0.1) is 0 Å². The molecule has 3 N–H and O–H groups in total. The molecule has 316 valence electrons. The van der Waals surface area contributed by atoms with E-state index in [0.717, 1.165) is 83.5 Å². The maximum atomic E-state index is 12.1. The number of aliphatic hydroxyl groups excluding tert-OH is 1. The van der Waals surface area contributed by atoms with Crippen molar-refractivity contribution >= 4 is 19.7 Å². The highest BCUT2D eigenvalue weighted by molar-refractivity contribution is 7.47. The van der Waals surface area contributed by atoms with Gasteiger partial charge in [-0.1, -0.05) is 145 Å². The minimum atomic E-state index is -4.43. The maximum Gasteiger partial charge on any atom is 0.472 e. The molecule has 0 saturated heterocycles. The number of rotatable bonds is 39. The average molecular weight is 792 g/mol. The number of phosphoric acid groups is 1. The summed E-state index contributed by atoms with van der Waals surface area (Å²) in [5.41, 5.74) is 0. The van der Waals surface area contributed by atoms with E-state index in [4.69, 9.17) is 13.8 Å². The molecule has 0 aliphatic carbocycles. The van der Waals surface area contributed by atoms with Gasteiger partial charge in [0.15, 0.2) is 0 Å². The molecule has 2 atom stereocenters. The molecule has 2 unspecified atom stereocenters. The molecule has 1 amide bonds. The molecule has 0 aliphatic heterocycles. The first-order valence-electron chi connectivity index (χ1n) is 21.4. The number of aliphatic hydroxyl groups is 1. The third-order valence-corrected chi connectivity index (χ3v) is 9.60. The lowest BCUT2D eigenvalue weighted by molar-refractivity contribution is -0.147. The van der Waals surface area contributed by atoms with Gasteiger partial charge in [0.25, 0.3) is 0 Å². The van der Waals surface area contributed by atoms with E-state index in [1.165, 1.54) is 51.4 Å². The second-order valence-corrected chi connectivity index (χ2v) is 15.4. The lowest BCUT2D eigenvalue weighted by atomic mass is 10.1.